The van der Waals surface area contributed by atoms with Gasteiger partial charge in [0, 0.05) is 17.7 Å². The van der Waals surface area contributed by atoms with Crippen LogP contribution in [0.4, 0.5) is 0 Å². The van der Waals surface area contributed by atoms with Crippen molar-refractivity contribution in [1.82, 2.24) is 5.32 Å². The van der Waals surface area contributed by atoms with Crippen LogP contribution in [0.1, 0.15) is 18.5 Å². The van der Waals surface area contributed by atoms with Crippen molar-refractivity contribution in [3.05, 3.63) is 42.0 Å². The normalized spacial score (nSPS) is 12.1. The van der Waals surface area contributed by atoms with Crippen LogP contribution in [-0.2, 0) is 9.59 Å². The molecule has 18 heavy (non-hydrogen) atoms. The quantitative estimate of drug-likeness (QED) is 0.776. The van der Waals surface area contributed by atoms with Gasteiger partial charge in [-0.05, 0) is 13.0 Å². The molecule has 0 saturated carbocycles. The van der Waals surface area contributed by atoms with Gasteiger partial charge in [-0.3, -0.25) is 4.79 Å². The van der Waals surface area contributed by atoms with Gasteiger partial charge in [0.25, 0.3) is 0 Å². The summed E-state index contributed by atoms with van der Waals surface area (Å²) >= 11 is 0. The summed E-state index contributed by atoms with van der Waals surface area (Å²) in [7, 11) is 1.55. The first-order valence-electron chi connectivity index (χ1n) is 5.39. The summed E-state index contributed by atoms with van der Waals surface area (Å²) < 4.78 is 5.18. The lowest BCUT2D eigenvalue weighted by Gasteiger charge is -2.16. The number of methoxy groups -OCH3 is 1. The van der Waals surface area contributed by atoms with Gasteiger partial charge in [0.2, 0.25) is 5.91 Å². The first-order valence-corrected chi connectivity index (χ1v) is 5.39. The number of carboxylic acid groups (broad SMARTS) is 1. The summed E-state index contributed by atoms with van der Waals surface area (Å²) in [5.41, 5.74) is 0.831. The van der Waals surface area contributed by atoms with Gasteiger partial charge in [0.1, 0.15) is 5.75 Å². The maximum absolute atomic E-state index is 11.4. The van der Waals surface area contributed by atoms with Gasteiger partial charge in [-0.25, -0.2) is 4.79 Å². The highest BCUT2D eigenvalue weighted by atomic mass is 16.5. The second-order valence-corrected chi connectivity index (χ2v) is 3.64. The van der Waals surface area contributed by atoms with Gasteiger partial charge < -0.3 is 15.2 Å². The van der Waals surface area contributed by atoms with E-state index in [2.05, 4.69) is 5.32 Å². The first-order chi connectivity index (χ1) is 8.54. The number of hydrogen-bond donors (Lipinski definition) is 2. The van der Waals surface area contributed by atoms with Crippen LogP contribution in [0.5, 0.6) is 5.75 Å². The topological polar surface area (TPSA) is 75.6 Å². The molecule has 1 aromatic rings. The second-order valence-electron chi connectivity index (χ2n) is 3.64. The molecule has 0 bridgehead atoms. The van der Waals surface area contributed by atoms with E-state index in [0.29, 0.717) is 5.75 Å². The number of carbonyl (C=O) groups is 2. The molecule has 96 valence electrons. The van der Waals surface area contributed by atoms with Crippen molar-refractivity contribution >= 4 is 11.9 Å². The van der Waals surface area contributed by atoms with Crippen molar-refractivity contribution in [2.24, 2.45) is 0 Å². The maximum atomic E-state index is 11.4. The molecule has 0 aliphatic heterocycles. The number of carboxylic acids is 1. The molecule has 0 saturated heterocycles. The minimum atomic E-state index is -1.16. The maximum Gasteiger partial charge on any atom is 0.328 e. The molecule has 2 N–H and O–H groups in total. The zero-order valence-corrected chi connectivity index (χ0v) is 10.2. The standard InChI is InChI=1S/C13H15NO4/c1-9(14-12(15)7-8-13(16)17)10-5-3-4-6-11(10)18-2/h3-9H,1-2H3,(H,14,15)(H,16,17)/b8-7+. The van der Waals surface area contributed by atoms with Gasteiger partial charge in [-0.1, -0.05) is 18.2 Å². The smallest absolute Gasteiger partial charge is 0.328 e. The highest BCUT2D eigenvalue weighted by Crippen LogP contribution is 2.24. The number of amides is 1. The average Bonchev–Trinajstić information content (AvgIpc) is 2.36. The molecular formula is C13H15NO4. The molecule has 0 aliphatic rings. The average molecular weight is 249 g/mol. The molecular weight excluding hydrogens is 234 g/mol. The summed E-state index contributed by atoms with van der Waals surface area (Å²) in [5.74, 6) is -0.946. The van der Waals surface area contributed by atoms with Crippen LogP contribution in [0.15, 0.2) is 36.4 Å². The van der Waals surface area contributed by atoms with Crippen molar-refractivity contribution in [3.63, 3.8) is 0 Å². The van der Waals surface area contributed by atoms with Crippen molar-refractivity contribution in [1.29, 1.82) is 0 Å². The SMILES string of the molecule is COc1ccccc1C(C)NC(=O)/C=C/C(=O)O. The number of carbonyl (C=O) groups excluding carboxylic acids is 1. The van der Waals surface area contributed by atoms with Crippen LogP contribution in [0.2, 0.25) is 0 Å². The molecule has 0 aromatic heterocycles. The molecule has 1 aromatic carbocycles. The Kier molecular flexibility index (Phi) is 4.92. The third-order valence-corrected chi connectivity index (χ3v) is 2.34. The van der Waals surface area contributed by atoms with Crippen LogP contribution >= 0.6 is 0 Å². The van der Waals surface area contributed by atoms with Crippen LogP contribution in [-0.4, -0.2) is 24.1 Å². The molecule has 1 unspecified atom stereocenters. The molecule has 0 spiro atoms. The number of nitrogens with one attached hydrogen (secondary N) is 1. The van der Waals surface area contributed by atoms with Crippen molar-refractivity contribution in [2.75, 3.05) is 7.11 Å². The molecule has 1 amide bonds. The van der Waals surface area contributed by atoms with Gasteiger partial charge in [-0.15, -0.1) is 0 Å². The van der Waals surface area contributed by atoms with Crippen molar-refractivity contribution in [2.45, 2.75) is 13.0 Å². The Bertz CT molecular complexity index is 468. The zero-order chi connectivity index (χ0) is 13.5. The van der Waals surface area contributed by atoms with Crippen LogP contribution in [0.25, 0.3) is 0 Å². The summed E-state index contributed by atoms with van der Waals surface area (Å²) in [4.78, 5) is 21.7. The fraction of sp³-hybridized carbons (Fsp3) is 0.231. The first kappa shape index (κ1) is 13.8. The fourth-order valence-electron chi connectivity index (χ4n) is 1.51. The Labute approximate surface area is 105 Å². The van der Waals surface area contributed by atoms with E-state index < -0.39 is 11.9 Å². The van der Waals surface area contributed by atoms with Gasteiger partial charge >= 0.3 is 5.97 Å². The molecule has 5 nitrogen and oxygen atoms in total. The molecule has 0 radical (unpaired) electrons. The minimum absolute atomic E-state index is 0.271. The number of hydrogen-bond acceptors (Lipinski definition) is 3. The lowest BCUT2D eigenvalue weighted by atomic mass is 10.1. The highest BCUT2D eigenvalue weighted by Gasteiger charge is 2.12. The Hall–Kier alpha value is -2.30. The summed E-state index contributed by atoms with van der Waals surface area (Å²) in [6.07, 6.45) is 1.78. The van der Waals surface area contributed by atoms with Crippen molar-refractivity contribution < 1.29 is 19.4 Å². The number of aliphatic carboxylic acids is 1. The van der Waals surface area contributed by atoms with Crippen LogP contribution in [0, 0.1) is 0 Å². The molecule has 1 atom stereocenters. The summed E-state index contributed by atoms with van der Waals surface area (Å²) in [6, 6.07) is 7.04. The Morgan fingerprint density at radius 1 is 1.33 bits per heavy atom. The molecule has 1 rings (SSSR count). The van der Waals surface area contributed by atoms with Gasteiger partial charge in [0.15, 0.2) is 0 Å². The lowest BCUT2D eigenvalue weighted by molar-refractivity contribution is -0.131. The van der Waals surface area contributed by atoms with E-state index in [1.807, 2.05) is 18.2 Å². The fourth-order valence-corrected chi connectivity index (χ4v) is 1.51. The Balaban J connectivity index is 2.73. The third kappa shape index (κ3) is 3.93. The highest BCUT2D eigenvalue weighted by molar-refractivity contribution is 5.94. The predicted octanol–water partition coefficient (Wildman–Crippen LogP) is 1.51. The van der Waals surface area contributed by atoms with E-state index in [1.54, 1.807) is 20.1 Å². The van der Waals surface area contributed by atoms with E-state index in [0.717, 1.165) is 17.7 Å². The minimum Gasteiger partial charge on any atom is -0.496 e. The van der Waals surface area contributed by atoms with Crippen LogP contribution < -0.4 is 10.1 Å². The number of benzene rings is 1. The van der Waals surface area contributed by atoms with Crippen LogP contribution in [0.3, 0.4) is 0 Å². The largest absolute Gasteiger partial charge is 0.496 e. The lowest BCUT2D eigenvalue weighted by Crippen LogP contribution is -2.25. The third-order valence-electron chi connectivity index (χ3n) is 2.34. The molecule has 0 fully saturated rings. The Morgan fingerprint density at radius 3 is 2.61 bits per heavy atom. The van der Waals surface area contributed by atoms with E-state index in [1.165, 1.54) is 0 Å². The predicted molar refractivity (Wildman–Crippen MR) is 66.3 cm³/mol. The number of ether oxygens (including phenoxy) is 1. The molecule has 0 aliphatic carbocycles. The molecule has 0 heterocycles. The molecule has 5 heteroatoms. The van der Waals surface area contributed by atoms with E-state index >= 15 is 0 Å². The second kappa shape index (κ2) is 6.44. The van der Waals surface area contributed by atoms with E-state index in [-0.39, 0.29) is 6.04 Å². The number of rotatable bonds is 5. The Morgan fingerprint density at radius 2 is 2.00 bits per heavy atom. The number of para-hydroxylation sites is 1. The van der Waals surface area contributed by atoms with E-state index in [4.69, 9.17) is 9.84 Å². The zero-order valence-electron chi connectivity index (χ0n) is 10.2. The van der Waals surface area contributed by atoms with Crippen molar-refractivity contribution in [3.8, 4) is 5.75 Å². The summed E-state index contributed by atoms with van der Waals surface area (Å²) in [6.45, 7) is 1.80. The van der Waals surface area contributed by atoms with Gasteiger partial charge in [-0.2, -0.15) is 0 Å². The summed E-state index contributed by atoms with van der Waals surface area (Å²) in [5, 5.41) is 11.1. The monoisotopic (exact) mass is 249 g/mol. The van der Waals surface area contributed by atoms with Gasteiger partial charge in [0.05, 0.1) is 13.2 Å². The van der Waals surface area contributed by atoms with E-state index in [9.17, 15) is 9.59 Å².